The summed E-state index contributed by atoms with van der Waals surface area (Å²) in [7, 11) is 0. The zero-order chi connectivity index (χ0) is 22.5. The number of morpholine rings is 1. The second kappa shape index (κ2) is 9.95. The summed E-state index contributed by atoms with van der Waals surface area (Å²) in [5, 5.41) is 5.52. The highest BCUT2D eigenvalue weighted by atomic mass is 16.5. The number of fused-ring (bicyclic) bond motifs is 1. The van der Waals surface area contributed by atoms with Crippen LogP contribution in [0.4, 0.5) is 16.3 Å². The number of hydrogen-bond acceptors (Lipinski definition) is 6. The van der Waals surface area contributed by atoms with Crippen molar-refractivity contribution in [2.24, 2.45) is 0 Å². The van der Waals surface area contributed by atoms with Gasteiger partial charge in [0.1, 0.15) is 5.82 Å². The SMILES string of the molecule is CCNC(=O)Nc1ccc(-c2nc3c(c(N4CCOCC4CC)n2)CCN(C=O)C3)cc1. The first kappa shape index (κ1) is 22.0. The van der Waals surface area contributed by atoms with Gasteiger partial charge in [0.25, 0.3) is 0 Å². The molecule has 0 saturated carbocycles. The van der Waals surface area contributed by atoms with E-state index in [0.717, 1.165) is 48.4 Å². The molecule has 2 aliphatic heterocycles. The number of urea groups is 1. The Labute approximate surface area is 188 Å². The largest absolute Gasteiger partial charge is 0.377 e. The monoisotopic (exact) mass is 438 g/mol. The first-order chi connectivity index (χ1) is 15.6. The maximum atomic E-state index is 11.8. The molecular formula is C23H30N6O3. The van der Waals surface area contributed by atoms with Crippen molar-refractivity contribution < 1.29 is 14.3 Å². The maximum absolute atomic E-state index is 11.8. The van der Waals surface area contributed by atoms with Gasteiger partial charge in [-0.3, -0.25) is 4.79 Å². The van der Waals surface area contributed by atoms with E-state index in [4.69, 9.17) is 14.7 Å². The normalized spacial score (nSPS) is 18.1. The lowest BCUT2D eigenvalue weighted by Crippen LogP contribution is -2.46. The Morgan fingerprint density at radius 2 is 2.03 bits per heavy atom. The first-order valence-corrected chi connectivity index (χ1v) is 11.2. The molecular weight excluding hydrogens is 408 g/mol. The van der Waals surface area contributed by atoms with Crippen molar-refractivity contribution in [2.75, 3.05) is 43.1 Å². The third-order valence-corrected chi connectivity index (χ3v) is 5.93. The summed E-state index contributed by atoms with van der Waals surface area (Å²) in [5.41, 5.74) is 3.58. The van der Waals surface area contributed by atoms with Crippen molar-refractivity contribution in [3.63, 3.8) is 0 Å². The number of anilines is 2. The van der Waals surface area contributed by atoms with Gasteiger partial charge in [0.05, 0.1) is 31.5 Å². The molecule has 9 nitrogen and oxygen atoms in total. The number of benzene rings is 1. The van der Waals surface area contributed by atoms with E-state index in [9.17, 15) is 9.59 Å². The van der Waals surface area contributed by atoms with Crippen LogP contribution in [0.2, 0.25) is 0 Å². The third kappa shape index (κ3) is 4.67. The van der Waals surface area contributed by atoms with Crippen LogP contribution in [-0.2, 0) is 22.5 Å². The molecule has 0 bridgehead atoms. The Hall–Kier alpha value is -3.20. The summed E-state index contributed by atoms with van der Waals surface area (Å²) in [6.07, 6.45) is 2.59. The summed E-state index contributed by atoms with van der Waals surface area (Å²) in [6, 6.07) is 7.53. The van der Waals surface area contributed by atoms with E-state index >= 15 is 0 Å². The molecule has 2 N–H and O–H groups in total. The van der Waals surface area contributed by atoms with Gasteiger partial charge < -0.3 is 25.2 Å². The zero-order valence-corrected chi connectivity index (χ0v) is 18.6. The molecule has 0 spiro atoms. The average molecular weight is 439 g/mol. The quantitative estimate of drug-likeness (QED) is 0.672. The molecule has 0 radical (unpaired) electrons. The minimum Gasteiger partial charge on any atom is -0.377 e. The smallest absolute Gasteiger partial charge is 0.319 e. The van der Waals surface area contributed by atoms with E-state index in [-0.39, 0.29) is 12.1 Å². The summed E-state index contributed by atoms with van der Waals surface area (Å²) in [6.45, 7) is 7.90. The summed E-state index contributed by atoms with van der Waals surface area (Å²) in [4.78, 5) is 37.1. The molecule has 9 heteroatoms. The van der Waals surface area contributed by atoms with E-state index in [2.05, 4.69) is 22.5 Å². The molecule has 32 heavy (non-hydrogen) atoms. The Morgan fingerprint density at radius 3 is 2.75 bits per heavy atom. The number of carbonyl (C=O) groups excluding carboxylic acids is 2. The van der Waals surface area contributed by atoms with E-state index in [0.29, 0.717) is 44.4 Å². The van der Waals surface area contributed by atoms with Crippen LogP contribution >= 0.6 is 0 Å². The standard InChI is InChI=1S/C23H30N6O3/c1-3-18-14-32-12-11-29(18)22-19-9-10-28(15-30)13-20(19)26-21(27-22)16-5-7-17(8-6-16)25-23(31)24-4-2/h5-8,15,18H,3-4,9-14H2,1-2H3,(H2,24,25,31). The first-order valence-electron chi connectivity index (χ1n) is 11.2. The van der Waals surface area contributed by atoms with Crippen molar-refractivity contribution in [1.82, 2.24) is 20.2 Å². The summed E-state index contributed by atoms with van der Waals surface area (Å²) < 4.78 is 5.70. The van der Waals surface area contributed by atoms with Crippen LogP contribution in [0.3, 0.4) is 0 Å². The molecule has 1 atom stereocenters. The molecule has 3 amide bonds. The number of hydrogen-bond donors (Lipinski definition) is 2. The van der Waals surface area contributed by atoms with Crippen LogP contribution in [0.25, 0.3) is 11.4 Å². The number of rotatable bonds is 6. The number of nitrogens with one attached hydrogen (secondary N) is 2. The fourth-order valence-electron chi connectivity index (χ4n) is 4.20. The summed E-state index contributed by atoms with van der Waals surface area (Å²) in [5.74, 6) is 1.58. The molecule has 4 rings (SSSR count). The highest BCUT2D eigenvalue weighted by Crippen LogP contribution is 2.32. The number of ether oxygens (including phenoxy) is 1. The van der Waals surface area contributed by atoms with Crippen LogP contribution in [0.1, 0.15) is 31.5 Å². The van der Waals surface area contributed by atoms with Crippen LogP contribution in [0.5, 0.6) is 0 Å². The van der Waals surface area contributed by atoms with E-state index < -0.39 is 0 Å². The molecule has 1 fully saturated rings. The van der Waals surface area contributed by atoms with Gasteiger partial charge in [-0.1, -0.05) is 6.92 Å². The fraction of sp³-hybridized carbons (Fsp3) is 0.478. The van der Waals surface area contributed by atoms with Gasteiger partial charge in [0.2, 0.25) is 6.41 Å². The second-order valence-corrected chi connectivity index (χ2v) is 8.01. The minimum absolute atomic E-state index is 0.237. The van der Waals surface area contributed by atoms with Crippen LogP contribution in [-0.4, -0.2) is 66.2 Å². The van der Waals surface area contributed by atoms with Crippen molar-refractivity contribution in [3.8, 4) is 11.4 Å². The molecule has 2 aromatic rings. The van der Waals surface area contributed by atoms with Crippen molar-refractivity contribution in [2.45, 2.75) is 39.3 Å². The lowest BCUT2D eigenvalue weighted by Gasteiger charge is -2.38. The topological polar surface area (TPSA) is 99.7 Å². The molecule has 2 aliphatic rings. The molecule has 1 unspecified atom stereocenters. The van der Waals surface area contributed by atoms with E-state index in [1.807, 2.05) is 31.2 Å². The predicted octanol–water partition coefficient (Wildman–Crippen LogP) is 2.41. The van der Waals surface area contributed by atoms with Gasteiger partial charge in [-0.25, -0.2) is 14.8 Å². The average Bonchev–Trinajstić information content (AvgIpc) is 2.83. The fourth-order valence-corrected chi connectivity index (χ4v) is 4.20. The number of amides is 3. The number of nitrogens with zero attached hydrogens (tertiary/aromatic N) is 4. The zero-order valence-electron chi connectivity index (χ0n) is 18.6. The van der Waals surface area contributed by atoms with Crippen LogP contribution in [0.15, 0.2) is 24.3 Å². The lowest BCUT2D eigenvalue weighted by atomic mass is 10.0. The van der Waals surface area contributed by atoms with Crippen molar-refractivity contribution in [3.05, 3.63) is 35.5 Å². The highest BCUT2D eigenvalue weighted by molar-refractivity contribution is 5.89. The van der Waals surface area contributed by atoms with Crippen LogP contribution < -0.4 is 15.5 Å². The van der Waals surface area contributed by atoms with Crippen LogP contribution in [0, 0.1) is 0 Å². The molecule has 0 aliphatic carbocycles. The van der Waals surface area contributed by atoms with Gasteiger partial charge in [-0.15, -0.1) is 0 Å². The number of carbonyl (C=O) groups is 2. The van der Waals surface area contributed by atoms with Gasteiger partial charge in [0.15, 0.2) is 5.82 Å². The molecule has 170 valence electrons. The maximum Gasteiger partial charge on any atom is 0.319 e. The number of aromatic nitrogens is 2. The van der Waals surface area contributed by atoms with E-state index in [1.54, 1.807) is 4.90 Å². The third-order valence-electron chi connectivity index (χ3n) is 5.93. The molecule has 3 heterocycles. The minimum atomic E-state index is -0.237. The van der Waals surface area contributed by atoms with Gasteiger partial charge in [0, 0.05) is 36.4 Å². The van der Waals surface area contributed by atoms with Gasteiger partial charge in [-0.05, 0) is 44.0 Å². The molecule has 1 aromatic heterocycles. The van der Waals surface area contributed by atoms with E-state index in [1.165, 1.54) is 0 Å². The summed E-state index contributed by atoms with van der Waals surface area (Å²) >= 11 is 0. The van der Waals surface area contributed by atoms with Crippen molar-refractivity contribution in [1.29, 1.82) is 0 Å². The lowest BCUT2D eigenvalue weighted by molar-refractivity contribution is -0.119. The molecule has 1 aromatic carbocycles. The predicted molar refractivity (Wildman–Crippen MR) is 123 cm³/mol. The van der Waals surface area contributed by atoms with Crippen molar-refractivity contribution >= 4 is 23.9 Å². The Balaban J connectivity index is 1.69. The Bertz CT molecular complexity index is 965. The van der Waals surface area contributed by atoms with Gasteiger partial charge >= 0.3 is 6.03 Å². The van der Waals surface area contributed by atoms with Gasteiger partial charge in [-0.2, -0.15) is 0 Å². The molecule has 1 saturated heterocycles. The highest BCUT2D eigenvalue weighted by Gasteiger charge is 2.29. The Morgan fingerprint density at radius 1 is 1.22 bits per heavy atom. The second-order valence-electron chi connectivity index (χ2n) is 8.01. The Kier molecular flexibility index (Phi) is 6.84.